The van der Waals surface area contributed by atoms with Gasteiger partial charge in [0.1, 0.15) is 6.54 Å². The van der Waals surface area contributed by atoms with Crippen molar-refractivity contribution in [1.82, 2.24) is 5.32 Å². The Hall–Kier alpha value is -2.40. The zero-order chi connectivity index (χ0) is 18.5. The molecule has 2 aromatic rings. The number of halogens is 1. The second kappa shape index (κ2) is 8.32. The van der Waals surface area contributed by atoms with E-state index in [0.717, 1.165) is 29.7 Å². The van der Waals surface area contributed by atoms with Gasteiger partial charge in [-0.25, -0.2) is 4.39 Å². The highest BCUT2D eigenvalue weighted by atomic mass is 19.1. The van der Waals surface area contributed by atoms with Crippen molar-refractivity contribution >= 4 is 5.91 Å². The number of hydrogen-bond acceptors (Lipinski definition) is 2. The van der Waals surface area contributed by atoms with Gasteiger partial charge >= 0.3 is 0 Å². The van der Waals surface area contributed by atoms with Crippen molar-refractivity contribution in [3.8, 4) is 5.75 Å². The maximum Gasteiger partial charge on any atom is 0.275 e. The third-order valence-corrected chi connectivity index (χ3v) is 4.89. The van der Waals surface area contributed by atoms with E-state index in [1.807, 2.05) is 19.2 Å². The summed E-state index contributed by atoms with van der Waals surface area (Å²) in [6, 6.07) is 13.3. The highest BCUT2D eigenvalue weighted by Crippen LogP contribution is 2.29. The summed E-state index contributed by atoms with van der Waals surface area (Å²) in [5.41, 5.74) is 3.41. The molecular weight excluding hydrogens is 331 g/mol. The van der Waals surface area contributed by atoms with Gasteiger partial charge in [-0.3, -0.25) is 4.79 Å². The third kappa shape index (κ3) is 4.41. The van der Waals surface area contributed by atoms with E-state index < -0.39 is 0 Å². The van der Waals surface area contributed by atoms with Crippen LogP contribution < -0.4 is 15.0 Å². The van der Waals surface area contributed by atoms with Gasteiger partial charge in [0.05, 0.1) is 20.2 Å². The predicted molar refractivity (Wildman–Crippen MR) is 98.7 cm³/mol. The fourth-order valence-electron chi connectivity index (χ4n) is 3.65. The molecule has 0 saturated heterocycles. The molecule has 1 aliphatic carbocycles. The molecule has 0 aliphatic heterocycles. The van der Waals surface area contributed by atoms with Gasteiger partial charge in [-0.05, 0) is 48.6 Å². The van der Waals surface area contributed by atoms with Crippen molar-refractivity contribution < 1.29 is 18.8 Å². The lowest BCUT2D eigenvalue weighted by atomic mass is 9.88. The van der Waals surface area contributed by atoms with Crippen LogP contribution in [0.2, 0.25) is 0 Å². The van der Waals surface area contributed by atoms with Gasteiger partial charge in [0.2, 0.25) is 0 Å². The van der Waals surface area contributed by atoms with Crippen molar-refractivity contribution in [3.05, 3.63) is 65.0 Å². The molecule has 1 aliphatic rings. The van der Waals surface area contributed by atoms with Gasteiger partial charge in [0, 0.05) is 5.56 Å². The lowest BCUT2D eigenvalue weighted by Crippen LogP contribution is -3.08. The van der Waals surface area contributed by atoms with Crippen molar-refractivity contribution in [2.45, 2.75) is 31.8 Å². The molecule has 0 bridgehead atoms. The summed E-state index contributed by atoms with van der Waals surface area (Å²) in [6.07, 6.45) is 3.15. The number of hydrogen-bond donors (Lipinski definition) is 2. The van der Waals surface area contributed by atoms with Gasteiger partial charge in [0.25, 0.3) is 5.91 Å². The van der Waals surface area contributed by atoms with Gasteiger partial charge in [0.15, 0.2) is 18.1 Å². The molecule has 0 aromatic heterocycles. The molecule has 5 heteroatoms. The molecule has 0 radical (unpaired) electrons. The quantitative estimate of drug-likeness (QED) is 0.831. The smallest absolute Gasteiger partial charge is 0.275 e. The Balaban J connectivity index is 1.56. The second-order valence-corrected chi connectivity index (χ2v) is 6.99. The Morgan fingerprint density at radius 1 is 1.31 bits per heavy atom. The molecule has 138 valence electrons. The van der Waals surface area contributed by atoms with E-state index in [2.05, 4.69) is 23.5 Å². The van der Waals surface area contributed by atoms with Crippen molar-refractivity contribution in [3.63, 3.8) is 0 Å². The van der Waals surface area contributed by atoms with Crippen molar-refractivity contribution in [2.75, 3.05) is 20.7 Å². The van der Waals surface area contributed by atoms with Crippen LogP contribution in [0, 0.1) is 5.82 Å². The van der Waals surface area contributed by atoms with Crippen LogP contribution in [0.15, 0.2) is 42.5 Å². The average molecular weight is 357 g/mol. The van der Waals surface area contributed by atoms with Crippen LogP contribution in [0.5, 0.6) is 5.75 Å². The Bertz CT molecular complexity index is 778. The molecule has 0 saturated carbocycles. The molecular formula is C21H26FN2O2+. The summed E-state index contributed by atoms with van der Waals surface area (Å²) in [7, 11) is 3.39. The number of rotatable bonds is 6. The number of methoxy groups -OCH3 is 1. The molecule has 26 heavy (non-hydrogen) atoms. The zero-order valence-corrected chi connectivity index (χ0v) is 15.3. The monoisotopic (exact) mass is 357 g/mol. The van der Waals surface area contributed by atoms with Crippen molar-refractivity contribution in [2.24, 2.45) is 0 Å². The summed E-state index contributed by atoms with van der Waals surface area (Å²) in [4.78, 5) is 13.5. The van der Waals surface area contributed by atoms with E-state index in [-0.39, 0.29) is 23.5 Å². The lowest BCUT2D eigenvalue weighted by Gasteiger charge is -2.26. The number of fused-ring (bicyclic) bond motifs is 1. The number of nitrogens with one attached hydrogen (secondary N) is 2. The standard InChI is InChI=1S/C21H25FN2O2/c1-24(13-15-10-11-20(26-2)18(22)12-15)14-21(25)23-19-9-5-7-16-6-3-4-8-17(16)19/h3-4,6,8,10-12,19H,5,7,9,13-14H2,1-2H3,(H,23,25)/p+1/t19-/m1/s1. The number of ether oxygens (including phenoxy) is 1. The predicted octanol–water partition coefficient (Wildman–Crippen LogP) is 2.04. The van der Waals surface area contributed by atoms with E-state index in [1.54, 1.807) is 6.07 Å². The second-order valence-electron chi connectivity index (χ2n) is 6.99. The van der Waals surface area contributed by atoms with Crippen LogP contribution in [-0.4, -0.2) is 26.6 Å². The molecule has 3 rings (SSSR count). The molecule has 1 amide bonds. The minimum absolute atomic E-state index is 0.0261. The number of quaternary nitrogens is 1. The maximum atomic E-state index is 13.8. The maximum absolute atomic E-state index is 13.8. The summed E-state index contributed by atoms with van der Waals surface area (Å²) < 4.78 is 18.7. The zero-order valence-electron chi connectivity index (χ0n) is 15.3. The van der Waals surface area contributed by atoms with Crippen LogP contribution in [0.25, 0.3) is 0 Å². The molecule has 1 unspecified atom stereocenters. The van der Waals surface area contributed by atoms with Gasteiger partial charge in [-0.15, -0.1) is 0 Å². The number of carbonyl (C=O) groups is 1. The Kier molecular flexibility index (Phi) is 5.89. The van der Waals surface area contributed by atoms with E-state index in [1.165, 1.54) is 24.3 Å². The minimum atomic E-state index is -0.374. The highest BCUT2D eigenvalue weighted by Gasteiger charge is 2.22. The summed E-state index contributed by atoms with van der Waals surface area (Å²) >= 11 is 0. The minimum Gasteiger partial charge on any atom is -0.494 e. The molecule has 2 aromatic carbocycles. The Labute approximate surface area is 154 Å². The first kappa shape index (κ1) is 18.4. The van der Waals surface area contributed by atoms with Gasteiger partial charge in [-0.1, -0.05) is 24.3 Å². The fraction of sp³-hybridized carbons (Fsp3) is 0.381. The van der Waals surface area contributed by atoms with E-state index in [9.17, 15) is 9.18 Å². The molecule has 2 atom stereocenters. The number of benzene rings is 2. The van der Waals surface area contributed by atoms with E-state index in [4.69, 9.17) is 4.74 Å². The van der Waals surface area contributed by atoms with E-state index in [0.29, 0.717) is 13.1 Å². The first-order valence-electron chi connectivity index (χ1n) is 9.07. The SMILES string of the molecule is COc1ccc(C[NH+](C)CC(=O)N[C@@H]2CCCc3ccccc32)cc1F. The van der Waals surface area contributed by atoms with E-state index >= 15 is 0 Å². The fourth-order valence-corrected chi connectivity index (χ4v) is 3.65. The average Bonchev–Trinajstić information content (AvgIpc) is 2.62. The first-order chi connectivity index (χ1) is 12.6. The number of carbonyl (C=O) groups excluding carboxylic acids is 1. The first-order valence-corrected chi connectivity index (χ1v) is 9.07. The van der Waals surface area contributed by atoms with Crippen LogP contribution >= 0.6 is 0 Å². The topological polar surface area (TPSA) is 42.8 Å². The Morgan fingerprint density at radius 3 is 2.88 bits per heavy atom. The lowest BCUT2D eigenvalue weighted by molar-refractivity contribution is -0.885. The molecule has 0 spiro atoms. The van der Waals surface area contributed by atoms with Crippen LogP contribution in [0.3, 0.4) is 0 Å². The summed E-state index contributed by atoms with van der Waals surface area (Å²) in [6.45, 7) is 0.932. The highest BCUT2D eigenvalue weighted by molar-refractivity contribution is 5.77. The molecule has 4 nitrogen and oxygen atoms in total. The third-order valence-electron chi connectivity index (χ3n) is 4.89. The van der Waals surface area contributed by atoms with Crippen LogP contribution in [0.1, 0.15) is 35.6 Å². The van der Waals surface area contributed by atoms with Gasteiger partial charge in [-0.2, -0.15) is 0 Å². The number of likely N-dealkylation sites (N-methyl/N-ethyl adjacent to an activating group) is 1. The molecule has 0 heterocycles. The molecule has 0 fully saturated rings. The normalized spacial score (nSPS) is 17.3. The summed E-state index contributed by atoms with van der Waals surface area (Å²) in [5, 5.41) is 3.17. The summed E-state index contributed by atoms with van der Waals surface area (Å²) in [5.74, 6) is -0.112. The van der Waals surface area contributed by atoms with Crippen molar-refractivity contribution in [1.29, 1.82) is 0 Å². The number of amides is 1. The molecule has 2 N–H and O–H groups in total. The Morgan fingerprint density at radius 2 is 2.12 bits per heavy atom. The largest absolute Gasteiger partial charge is 0.494 e. The van der Waals surface area contributed by atoms with Crippen LogP contribution in [-0.2, 0) is 17.8 Å². The van der Waals surface area contributed by atoms with Gasteiger partial charge < -0.3 is 15.0 Å². The number of aryl methyl sites for hydroxylation is 1. The van der Waals surface area contributed by atoms with Crippen LogP contribution in [0.4, 0.5) is 4.39 Å².